The van der Waals surface area contributed by atoms with Gasteiger partial charge in [0.15, 0.2) is 46.9 Å². The van der Waals surface area contributed by atoms with Crippen LogP contribution in [0, 0.1) is 12.3 Å². The molecule has 266 valence electrons. The fourth-order valence-corrected chi connectivity index (χ4v) is 7.88. The zero-order chi connectivity index (χ0) is 35.7. The Morgan fingerprint density at radius 1 is 1.12 bits per heavy atom. The highest BCUT2D eigenvalue weighted by Crippen LogP contribution is 2.58. The van der Waals surface area contributed by atoms with E-state index in [1.165, 1.54) is 45.4 Å². The van der Waals surface area contributed by atoms with E-state index < -0.39 is 83.8 Å². The van der Waals surface area contributed by atoms with Crippen molar-refractivity contribution in [3.8, 4) is 12.3 Å². The highest BCUT2D eigenvalue weighted by Gasteiger charge is 2.49. The fourth-order valence-electron chi connectivity index (χ4n) is 4.93. The van der Waals surface area contributed by atoms with Gasteiger partial charge in [-0.3, -0.25) is 18.5 Å². The summed E-state index contributed by atoms with van der Waals surface area (Å²) in [7, 11) is -11.1. The number of aromatic nitrogens is 5. The number of rotatable bonds is 14. The highest BCUT2D eigenvalue weighted by atomic mass is 32.2. The lowest BCUT2D eigenvalue weighted by Crippen LogP contribution is -2.46. The molecule has 9 N–H and O–H groups in total. The summed E-state index contributed by atoms with van der Waals surface area (Å²) in [5, 5.41) is 42.6. The number of phosphoric acid groups is 2. The van der Waals surface area contributed by atoms with Gasteiger partial charge in [-0.25, -0.2) is 23.8 Å². The molecule has 5 heterocycles. The number of anilines is 1. The number of aliphatic hydroxyl groups is 4. The second-order valence-corrected chi connectivity index (χ2v) is 14.6. The molecule has 2 aliphatic rings. The number of hydrogen-bond donors (Lipinski definition) is 7. The van der Waals surface area contributed by atoms with Gasteiger partial charge < -0.3 is 55.7 Å². The van der Waals surface area contributed by atoms with E-state index in [-0.39, 0.29) is 27.7 Å². The van der Waals surface area contributed by atoms with Crippen molar-refractivity contribution in [1.82, 2.24) is 19.5 Å². The van der Waals surface area contributed by atoms with E-state index in [1.54, 1.807) is 0 Å². The maximum absolute atomic E-state index is 12.6. The summed E-state index contributed by atoms with van der Waals surface area (Å²) >= 11 is 1.18. The molecule has 1 amide bonds. The van der Waals surface area contributed by atoms with Crippen LogP contribution in [0.4, 0.5) is 5.82 Å². The molecule has 3 aromatic heterocycles. The Labute approximate surface area is 281 Å². The van der Waals surface area contributed by atoms with Crippen LogP contribution in [0.5, 0.6) is 0 Å². The first-order valence-electron chi connectivity index (χ1n) is 14.1. The molecule has 2 aliphatic heterocycles. The number of nitrogens with zero attached hydrogens (tertiary/aromatic N) is 5. The van der Waals surface area contributed by atoms with Gasteiger partial charge in [0.1, 0.15) is 42.4 Å². The van der Waals surface area contributed by atoms with Gasteiger partial charge in [0.05, 0.1) is 13.2 Å². The maximum Gasteiger partial charge on any atom is 0.478 e. The minimum Gasteiger partial charge on any atom is -0.756 e. The first-order valence-corrected chi connectivity index (χ1v) is 18.1. The first-order chi connectivity index (χ1) is 23.1. The average Bonchev–Trinajstić information content (AvgIpc) is 3.65. The number of nitrogens with two attached hydrogens (primary N) is 2. The van der Waals surface area contributed by atoms with Crippen molar-refractivity contribution >= 4 is 50.3 Å². The van der Waals surface area contributed by atoms with Gasteiger partial charge in [-0.1, -0.05) is 11.8 Å². The summed E-state index contributed by atoms with van der Waals surface area (Å²) in [4.78, 5) is 46.4. The fraction of sp³-hybridized carbons (Fsp3) is 0.480. The van der Waals surface area contributed by atoms with Crippen LogP contribution in [-0.2, 0) is 32.0 Å². The highest BCUT2D eigenvalue weighted by molar-refractivity contribution is 7.99. The number of nitrogen functional groups attached to an aromatic ring is 1. The third-order valence-electron chi connectivity index (χ3n) is 7.28. The van der Waals surface area contributed by atoms with Gasteiger partial charge in [-0.05, 0) is 6.07 Å². The standard InChI is InChI=1S/C25H31N7O14P2S/c1-2-3-7-49-25-30-15-20(26)28-11-29-22(15)32(25)24-19(36)17(34)14(45-24)10-43-48(40,41)46-47(38,39)42-9-13-16(33)18(35)23(44-13)31-6-4-5-12(8-31)21(27)37/h1,4-6,8,11,13-14,16-19,23-24,33-36H,3,7,9-10H2,(H5-,26,27,28,29,37,38,39,40,41)/t13-,14-,16-,17-,18-,19-,23-,24-/m1/s1. The third kappa shape index (κ3) is 8.28. The number of hydrogen-bond acceptors (Lipinski definition) is 18. The van der Waals surface area contributed by atoms with Crippen molar-refractivity contribution in [2.45, 2.75) is 60.7 Å². The molecule has 10 atom stereocenters. The van der Waals surface area contributed by atoms with Crippen LogP contribution in [0.1, 0.15) is 29.2 Å². The van der Waals surface area contributed by atoms with Crippen LogP contribution in [-0.4, -0.2) is 106 Å². The molecule has 2 saturated heterocycles. The Morgan fingerprint density at radius 2 is 1.82 bits per heavy atom. The van der Waals surface area contributed by atoms with Gasteiger partial charge in [0, 0.05) is 18.2 Å². The quantitative estimate of drug-likeness (QED) is 0.0294. The number of carbonyl (C=O) groups is 1. The lowest BCUT2D eigenvalue weighted by molar-refractivity contribution is -0.765. The molecule has 24 heteroatoms. The number of ether oxygens (including phenoxy) is 2. The summed E-state index contributed by atoms with van der Waals surface area (Å²) < 4.78 is 52.3. The minimum atomic E-state index is -5.65. The van der Waals surface area contributed by atoms with Gasteiger partial charge >= 0.3 is 7.82 Å². The average molecular weight is 748 g/mol. The molecule has 0 saturated carbocycles. The van der Waals surface area contributed by atoms with E-state index >= 15 is 0 Å². The Morgan fingerprint density at radius 3 is 2.53 bits per heavy atom. The lowest BCUT2D eigenvalue weighted by atomic mass is 10.1. The molecule has 2 fully saturated rings. The SMILES string of the molecule is C#CCCSc1nc2c(N)ncnc2n1[C@@H]1O[C@H](COP(=O)(O)OP(=O)([O-])OC[C@H]2O[C@@H]([n+]3cccc(C(N)=O)c3)[C@H](O)[C@@H]2O)[C@@H](O)[C@H]1O. The maximum atomic E-state index is 12.6. The van der Waals surface area contributed by atoms with Gasteiger partial charge in [0.2, 0.25) is 0 Å². The predicted molar refractivity (Wildman–Crippen MR) is 161 cm³/mol. The number of aliphatic hydroxyl groups excluding tert-OH is 4. The second kappa shape index (κ2) is 15.0. The second-order valence-electron chi connectivity index (χ2n) is 10.6. The van der Waals surface area contributed by atoms with Crippen LogP contribution < -0.4 is 20.9 Å². The molecule has 0 bridgehead atoms. The van der Waals surface area contributed by atoms with Crippen molar-refractivity contribution in [3.63, 3.8) is 0 Å². The summed E-state index contributed by atoms with van der Waals surface area (Å²) in [6, 6.07) is 2.81. The molecule has 49 heavy (non-hydrogen) atoms. The Balaban J connectivity index is 1.20. The third-order valence-corrected chi connectivity index (χ3v) is 10.8. The van der Waals surface area contributed by atoms with Crippen LogP contribution in [0.25, 0.3) is 11.2 Å². The Bertz CT molecular complexity index is 1830. The number of carbonyl (C=O) groups excluding carboxylic acids is 1. The van der Waals surface area contributed by atoms with Crippen LogP contribution in [0.2, 0.25) is 0 Å². The number of imidazole rings is 1. The van der Waals surface area contributed by atoms with Gasteiger partial charge in [-0.2, -0.15) is 4.57 Å². The lowest BCUT2D eigenvalue weighted by Gasteiger charge is -2.26. The number of pyridine rings is 1. The molecule has 2 unspecified atom stereocenters. The van der Waals surface area contributed by atoms with Crippen molar-refractivity contribution in [3.05, 3.63) is 36.4 Å². The molecule has 0 radical (unpaired) electrons. The number of primary amides is 1. The van der Waals surface area contributed by atoms with E-state index in [0.29, 0.717) is 12.2 Å². The molecule has 5 rings (SSSR count). The summed E-state index contributed by atoms with van der Waals surface area (Å²) in [5.74, 6) is 2.13. The zero-order valence-electron chi connectivity index (χ0n) is 25.0. The largest absolute Gasteiger partial charge is 0.756 e. The molecule has 0 spiro atoms. The smallest absolute Gasteiger partial charge is 0.478 e. The topological polar surface area (TPSA) is 321 Å². The van der Waals surface area contributed by atoms with Crippen LogP contribution >= 0.6 is 27.4 Å². The normalized spacial score (nSPS) is 29.4. The van der Waals surface area contributed by atoms with Crippen LogP contribution in [0.15, 0.2) is 36.0 Å². The van der Waals surface area contributed by atoms with E-state index in [1.807, 2.05) is 0 Å². The number of terminal acetylenes is 1. The number of fused-ring (bicyclic) bond motifs is 1. The summed E-state index contributed by atoms with van der Waals surface area (Å²) in [6.07, 6.45) is -2.84. The van der Waals surface area contributed by atoms with Crippen molar-refractivity contribution in [2.24, 2.45) is 5.73 Å². The monoisotopic (exact) mass is 747 g/mol. The minimum absolute atomic E-state index is 0.0250. The van der Waals surface area contributed by atoms with E-state index in [4.69, 9.17) is 31.9 Å². The molecule has 0 aromatic carbocycles. The number of thioether (sulfide) groups is 1. The van der Waals surface area contributed by atoms with Gasteiger partial charge in [-0.15, -0.1) is 12.3 Å². The predicted octanol–water partition coefficient (Wildman–Crippen LogP) is -2.53. The van der Waals surface area contributed by atoms with Gasteiger partial charge in [0.25, 0.3) is 20.0 Å². The number of phosphoric ester groups is 2. The van der Waals surface area contributed by atoms with Crippen LogP contribution in [0.3, 0.4) is 0 Å². The summed E-state index contributed by atoms with van der Waals surface area (Å²) in [6.45, 7) is -1.93. The van der Waals surface area contributed by atoms with Crippen molar-refractivity contribution in [1.29, 1.82) is 0 Å². The zero-order valence-corrected chi connectivity index (χ0v) is 27.6. The van der Waals surface area contributed by atoms with E-state index in [2.05, 4.69) is 29.7 Å². The Hall–Kier alpha value is -3.10. The first kappa shape index (κ1) is 37.2. The molecule has 21 nitrogen and oxygen atoms in total. The molecular formula is C25H31N7O14P2S. The molecule has 0 aliphatic carbocycles. The van der Waals surface area contributed by atoms with Crippen molar-refractivity contribution < 1.29 is 71.5 Å². The van der Waals surface area contributed by atoms with Crippen molar-refractivity contribution in [2.75, 3.05) is 24.7 Å². The molecular weight excluding hydrogens is 716 g/mol. The Kier molecular flexibility index (Phi) is 11.4. The molecule has 3 aromatic rings. The summed E-state index contributed by atoms with van der Waals surface area (Å²) in [5.41, 5.74) is 11.5. The number of amides is 1. The van der Waals surface area contributed by atoms with E-state index in [0.717, 1.165) is 6.33 Å². The van der Waals surface area contributed by atoms with E-state index in [9.17, 15) is 44.1 Å².